The summed E-state index contributed by atoms with van der Waals surface area (Å²) in [6.45, 7) is 5.18. The molecule has 0 aromatic heterocycles. The van der Waals surface area contributed by atoms with Crippen LogP contribution in [0.2, 0.25) is 0 Å². The maximum atomic E-state index is 12.9. The molecule has 8 nitrogen and oxygen atoms in total. The molecule has 0 radical (unpaired) electrons. The zero-order valence-corrected chi connectivity index (χ0v) is 22.4. The molecule has 0 unspecified atom stereocenters. The van der Waals surface area contributed by atoms with Crippen molar-refractivity contribution in [3.63, 3.8) is 0 Å². The first-order chi connectivity index (χ1) is 18.9. The molecule has 2 fully saturated rings. The number of imide groups is 1. The number of nitrogens with one attached hydrogen (secondary N) is 1. The van der Waals surface area contributed by atoms with Gasteiger partial charge in [-0.3, -0.25) is 19.3 Å². The summed E-state index contributed by atoms with van der Waals surface area (Å²) in [5, 5.41) is 2.30. The van der Waals surface area contributed by atoms with Gasteiger partial charge in [0, 0.05) is 24.5 Å². The number of carbonyl (C=O) groups is 3. The largest absolute Gasteiger partial charge is 0.489 e. The van der Waals surface area contributed by atoms with Crippen LogP contribution in [0.15, 0.2) is 77.7 Å². The number of amides is 3. The molecule has 0 aliphatic carbocycles. The van der Waals surface area contributed by atoms with E-state index in [1.165, 1.54) is 5.56 Å². The number of hydrogen-bond acceptors (Lipinski definition) is 7. The van der Waals surface area contributed by atoms with E-state index in [1.54, 1.807) is 6.08 Å². The van der Waals surface area contributed by atoms with E-state index in [1.807, 2.05) is 73.7 Å². The van der Waals surface area contributed by atoms with Crippen molar-refractivity contribution in [3.05, 3.63) is 94.4 Å². The molecular weight excluding hydrogens is 514 g/mol. The predicted molar refractivity (Wildman–Crippen MR) is 153 cm³/mol. The van der Waals surface area contributed by atoms with Crippen molar-refractivity contribution in [1.82, 2.24) is 4.90 Å². The number of benzene rings is 3. The summed E-state index contributed by atoms with van der Waals surface area (Å²) in [7, 11) is 0. The lowest BCUT2D eigenvalue weighted by Crippen LogP contribution is -2.36. The summed E-state index contributed by atoms with van der Waals surface area (Å²) in [6.07, 6.45) is 1.65. The quantitative estimate of drug-likeness (QED) is 0.396. The van der Waals surface area contributed by atoms with Crippen LogP contribution in [0.1, 0.15) is 16.7 Å². The Bertz CT molecular complexity index is 1380. The minimum atomic E-state index is -0.484. The molecule has 5 rings (SSSR count). The molecule has 39 heavy (non-hydrogen) atoms. The summed E-state index contributed by atoms with van der Waals surface area (Å²) in [5.74, 6) is -0.216. The predicted octanol–water partition coefficient (Wildman–Crippen LogP) is 5.09. The Balaban J connectivity index is 1.14. The van der Waals surface area contributed by atoms with Crippen molar-refractivity contribution in [2.45, 2.75) is 13.5 Å². The molecule has 2 saturated heterocycles. The molecule has 0 spiro atoms. The van der Waals surface area contributed by atoms with Crippen LogP contribution < -0.4 is 15.0 Å². The number of rotatable bonds is 8. The standard InChI is InChI=1S/C30H29N3O5S/c1-21-3-2-4-23(17-21)20-38-26-11-5-22(6-12-26)18-27-29(35)33(30(36)39-27)19-28(34)31-24-7-9-25(10-8-24)32-13-15-37-16-14-32/h2-12,17-18H,13-16,19-20H2,1H3,(H,31,34)/b27-18+. The van der Waals surface area contributed by atoms with Gasteiger partial charge in [-0.15, -0.1) is 0 Å². The molecule has 1 N–H and O–H groups in total. The van der Waals surface area contributed by atoms with Crippen molar-refractivity contribution in [2.75, 3.05) is 43.1 Å². The highest BCUT2D eigenvalue weighted by atomic mass is 32.2. The van der Waals surface area contributed by atoms with E-state index in [0.29, 0.717) is 31.3 Å². The van der Waals surface area contributed by atoms with E-state index >= 15 is 0 Å². The monoisotopic (exact) mass is 543 g/mol. The third kappa shape index (κ3) is 6.87. The lowest BCUT2D eigenvalue weighted by Gasteiger charge is -2.28. The van der Waals surface area contributed by atoms with Gasteiger partial charge in [0.25, 0.3) is 11.1 Å². The number of thioether (sulfide) groups is 1. The van der Waals surface area contributed by atoms with E-state index in [-0.39, 0.29) is 11.4 Å². The number of morpholine rings is 1. The average molecular weight is 544 g/mol. The fourth-order valence-corrected chi connectivity index (χ4v) is 5.18. The Hall–Kier alpha value is -4.08. The van der Waals surface area contributed by atoms with Crippen molar-refractivity contribution < 1.29 is 23.9 Å². The molecule has 3 aromatic rings. The zero-order chi connectivity index (χ0) is 27.2. The second-order valence-electron chi connectivity index (χ2n) is 9.31. The van der Waals surface area contributed by atoms with Crippen LogP contribution in [0.4, 0.5) is 16.2 Å². The van der Waals surface area contributed by atoms with Gasteiger partial charge in [-0.2, -0.15) is 0 Å². The molecule has 2 aliphatic heterocycles. The van der Waals surface area contributed by atoms with Crippen LogP contribution in [-0.4, -0.2) is 54.8 Å². The molecule has 3 amide bonds. The number of aryl methyl sites for hydroxylation is 1. The van der Waals surface area contributed by atoms with Crippen LogP contribution in [0.5, 0.6) is 5.75 Å². The van der Waals surface area contributed by atoms with E-state index in [4.69, 9.17) is 9.47 Å². The normalized spacial score (nSPS) is 16.6. The Labute approximate surface area is 231 Å². The highest BCUT2D eigenvalue weighted by Gasteiger charge is 2.36. The molecule has 0 bridgehead atoms. The SMILES string of the molecule is Cc1cccc(COc2ccc(/C=C3/SC(=O)N(CC(=O)Nc4ccc(N5CCOCC5)cc4)C3=O)cc2)c1. The Kier molecular flexibility index (Phi) is 8.29. The van der Waals surface area contributed by atoms with E-state index < -0.39 is 17.1 Å². The third-order valence-electron chi connectivity index (χ3n) is 6.37. The first-order valence-electron chi connectivity index (χ1n) is 12.7. The molecule has 9 heteroatoms. The van der Waals surface area contributed by atoms with Crippen molar-refractivity contribution in [3.8, 4) is 5.75 Å². The summed E-state index contributed by atoms with van der Waals surface area (Å²) in [4.78, 5) is 41.4. The van der Waals surface area contributed by atoms with Crippen molar-refractivity contribution in [2.24, 2.45) is 0 Å². The molecule has 0 atom stereocenters. The minimum Gasteiger partial charge on any atom is -0.489 e. The fourth-order valence-electron chi connectivity index (χ4n) is 4.34. The zero-order valence-electron chi connectivity index (χ0n) is 21.6. The number of ether oxygens (including phenoxy) is 2. The third-order valence-corrected chi connectivity index (χ3v) is 7.28. The van der Waals surface area contributed by atoms with E-state index in [9.17, 15) is 14.4 Å². The summed E-state index contributed by atoms with van der Waals surface area (Å²) < 4.78 is 11.2. The van der Waals surface area contributed by atoms with Gasteiger partial charge in [-0.05, 0) is 72.3 Å². The van der Waals surface area contributed by atoms with Crippen molar-refractivity contribution in [1.29, 1.82) is 0 Å². The summed E-state index contributed by atoms with van der Waals surface area (Å²) >= 11 is 0.827. The molecule has 200 valence electrons. The van der Waals surface area contributed by atoms with Crippen molar-refractivity contribution >= 4 is 46.3 Å². The van der Waals surface area contributed by atoms with Gasteiger partial charge in [0.05, 0.1) is 18.1 Å². The number of anilines is 2. The van der Waals surface area contributed by atoms with Gasteiger partial charge >= 0.3 is 0 Å². The Morgan fingerprint density at radius 2 is 1.77 bits per heavy atom. The first-order valence-corrected chi connectivity index (χ1v) is 13.5. The van der Waals surface area contributed by atoms with Gasteiger partial charge in [0.15, 0.2) is 0 Å². The van der Waals surface area contributed by atoms with Crippen LogP contribution >= 0.6 is 11.8 Å². The highest BCUT2D eigenvalue weighted by molar-refractivity contribution is 8.18. The molecular formula is C30H29N3O5S. The van der Waals surface area contributed by atoms with Gasteiger partial charge in [-0.25, -0.2) is 0 Å². The first kappa shape index (κ1) is 26.5. The van der Waals surface area contributed by atoms with Gasteiger partial charge in [0.1, 0.15) is 18.9 Å². The van der Waals surface area contributed by atoms with E-state index in [2.05, 4.69) is 16.3 Å². The number of nitrogens with zero attached hydrogens (tertiary/aromatic N) is 2. The summed E-state index contributed by atoms with van der Waals surface area (Å²) in [6, 6.07) is 22.9. The van der Waals surface area contributed by atoms with E-state index in [0.717, 1.165) is 46.6 Å². The highest BCUT2D eigenvalue weighted by Crippen LogP contribution is 2.32. The second-order valence-corrected chi connectivity index (χ2v) is 10.3. The lowest BCUT2D eigenvalue weighted by atomic mass is 10.1. The molecule has 2 aliphatic rings. The second kappa shape index (κ2) is 12.2. The Morgan fingerprint density at radius 1 is 1.03 bits per heavy atom. The maximum Gasteiger partial charge on any atom is 0.294 e. The van der Waals surface area contributed by atoms with Gasteiger partial charge in [-0.1, -0.05) is 42.0 Å². The van der Waals surface area contributed by atoms with Crippen LogP contribution in [0.3, 0.4) is 0 Å². The maximum absolute atomic E-state index is 12.9. The smallest absolute Gasteiger partial charge is 0.294 e. The molecule has 3 aromatic carbocycles. The van der Waals surface area contributed by atoms with Gasteiger partial charge in [0.2, 0.25) is 5.91 Å². The minimum absolute atomic E-state index is 0.274. The summed E-state index contributed by atoms with van der Waals surface area (Å²) in [5.41, 5.74) is 4.67. The van der Waals surface area contributed by atoms with Crippen LogP contribution in [-0.2, 0) is 20.9 Å². The number of hydrogen-bond donors (Lipinski definition) is 1. The lowest BCUT2D eigenvalue weighted by molar-refractivity contribution is -0.127. The van der Waals surface area contributed by atoms with Crippen LogP contribution in [0.25, 0.3) is 6.08 Å². The topological polar surface area (TPSA) is 88.2 Å². The fraction of sp³-hybridized carbons (Fsp3) is 0.233. The Morgan fingerprint density at radius 3 is 2.49 bits per heavy atom. The molecule has 2 heterocycles. The average Bonchev–Trinajstić information content (AvgIpc) is 3.20. The van der Waals surface area contributed by atoms with Gasteiger partial charge < -0.3 is 19.7 Å². The number of carbonyl (C=O) groups excluding carboxylic acids is 3. The molecule has 0 saturated carbocycles. The van der Waals surface area contributed by atoms with Crippen LogP contribution in [0, 0.1) is 6.92 Å².